The number of hydrogen-bond donors (Lipinski definition) is 1. The Morgan fingerprint density at radius 1 is 1.00 bits per heavy atom. The van der Waals surface area contributed by atoms with E-state index in [0.29, 0.717) is 12.2 Å². The van der Waals surface area contributed by atoms with Crippen molar-refractivity contribution in [2.45, 2.75) is 89.2 Å². The van der Waals surface area contributed by atoms with Crippen LogP contribution >= 0.6 is 11.8 Å². The number of amides is 1. The van der Waals surface area contributed by atoms with Crippen molar-refractivity contribution in [2.75, 3.05) is 5.75 Å². The third kappa shape index (κ3) is 17.4. The molecule has 0 rings (SSSR count). The van der Waals surface area contributed by atoms with Gasteiger partial charge in [0.1, 0.15) is 6.29 Å². The molecule has 0 aromatic carbocycles. The second-order valence-corrected chi connectivity index (χ2v) is 7.37. The van der Waals surface area contributed by atoms with Gasteiger partial charge in [-0.05, 0) is 12.8 Å². The van der Waals surface area contributed by atoms with Gasteiger partial charge in [0, 0.05) is 12.2 Å². The standard InChI is InChI=1S/C19H35NO2S/c1-2-3-4-5-6-7-8-9-10-11-12-13-14-18(17-21)23-16-15-19(20)22/h13-14,17-18H,2-12,15-16H2,1H3,(H2,20,22). The largest absolute Gasteiger partial charge is 0.370 e. The van der Waals surface area contributed by atoms with E-state index in [2.05, 4.69) is 13.0 Å². The van der Waals surface area contributed by atoms with Crippen molar-refractivity contribution >= 4 is 24.0 Å². The Labute approximate surface area is 146 Å². The van der Waals surface area contributed by atoms with Gasteiger partial charge < -0.3 is 10.5 Å². The average Bonchev–Trinajstić information content (AvgIpc) is 2.53. The normalized spacial score (nSPS) is 12.6. The molecule has 1 atom stereocenters. The molecule has 23 heavy (non-hydrogen) atoms. The van der Waals surface area contributed by atoms with Crippen LogP contribution in [0.4, 0.5) is 0 Å². The van der Waals surface area contributed by atoms with E-state index >= 15 is 0 Å². The van der Waals surface area contributed by atoms with Crippen molar-refractivity contribution in [1.82, 2.24) is 0 Å². The molecule has 0 aliphatic heterocycles. The Hall–Kier alpha value is -0.770. The highest BCUT2D eigenvalue weighted by Crippen LogP contribution is 2.14. The molecule has 0 bridgehead atoms. The number of nitrogens with two attached hydrogens (primary N) is 1. The van der Waals surface area contributed by atoms with Crippen LogP contribution in [-0.4, -0.2) is 23.2 Å². The van der Waals surface area contributed by atoms with E-state index in [1.165, 1.54) is 76.0 Å². The summed E-state index contributed by atoms with van der Waals surface area (Å²) in [5, 5.41) is -0.141. The number of unbranched alkanes of at least 4 members (excludes halogenated alkanes) is 10. The molecule has 0 aromatic heterocycles. The van der Waals surface area contributed by atoms with Crippen molar-refractivity contribution in [3.63, 3.8) is 0 Å². The summed E-state index contributed by atoms with van der Waals surface area (Å²) in [6, 6.07) is 0. The van der Waals surface area contributed by atoms with E-state index in [4.69, 9.17) is 5.73 Å². The van der Waals surface area contributed by atoms with E-state index < -0.39 is 0 Å². The van der Waals surface area contributed by atoms with Gasteiger partial charge in [-0.2, -0.15) is 0 Å². The SMILES string of the molecule is CCCCCCCCCCCCC=CC(C=O)SCCC(N)=O. The highest BCUT2D eigenvalue weighted by Gasteiger charge is 2.04. The molecule has 0 radical (unpaired) electrons. The number of thioether (sulfide) groups is 1. The Bertz CT molecular complexity index is 318. The smallest absolute Gasteiger partial charge is 0.218 e. The molecule has 0 saturated heterocycles. The van der Waals surface area contributed by atoms with Gasteiger partial charge in [0.15, 0.2) is 0 Å². The Morgan fingerprint density at radius 2 is 1.57 bits per heavy atom. The van der Waals surface area contributed by atoms with E-state index in [1.807, 2.05) is 6.08 Å². The van der Waals surface area contributed by atoms with Crippen LogP contribution in [0.25, 0.3) is 0 Å². The Balaban J connectivity index is 3.40. The second kappa shape index (κ2) is 17.6. The number of hydrogen-bond acceptors (Lipinski definition) is 3. The van der Waals surface area contributed by atoms with Crippen LogP contribution in [0.2, 0.25) is 0 Å². The molecular formula is C19H35NO2S. The Kier molecular flexibility index (Phi) is 17.0. The zero-order valence-electron chi connectivity index (χ0n) is 14.8. The van der Waals surface area contributed by atoms with Gasteiger partial charge in [-0.1, -0.05) is 76.9 Å². The monoisotopic (exact) mass is 341 g/mol. The summed E-state index contributed by atoms with van der Waals surface area (Å²) >= 11 is 1.48. The van der Waals surface area contributed by atoms with Crippen molar-refractivity contribution < 1.29 is 9.59 Å². The number of carbonyl (C=O) groups is 2. The zero-order valence-corrected chi connectivity index (χ0v) is 15.6. The number of rotatable bonds is 17. The number of allylic oxidation sites excluding steroid dienone is 1. The highest BCUT2D eigenvalue weighted by atomic mass is 32.2. The maximum atomic E-state index is 10.9. The van der Waals surface area contributed by atoms with Gasteiger partial charge in [0.05, 0.1) is 5.25 Å². The van der Waals surface area contributed by atoms with Gasteiger partial charge in [-0.25, -0.2) is 0 Å². The van der Waals surface area contributed by atoms with E-state index in [0.717, 1.165) is 12.7 Å². The molecule has 0 aliphatic rings. The predicted octanol–water partition coefficient (Wildman–Crippen LogP) is 5.03. The number of primary amides is 1. The molecular weight excluding hydrogens is 306 g/mol. The molecule has 3 nitrogen and oxygen atoms in total. The summed E-state index contributed by atoms with van der Waals surface area (Å²) in [7, 11) is 0. The van der Waals surface area contributed by atoms with E-state index in [1.54, 1.807) is 0 Å². The van der Waals surface area contributed by atoms with Crippen molar-refractivity contribution in [2.24, 2.45) is 5.73 Å². The second-order valence-electron chi connectivity index (χ2n) is 6.09. The van der Waals surface area contributed by atoms with Gasteiger partial charge in [-0.3, -0.25) is 4.79 Å². The highest BCUT2D eigenvalue weighted by molar-refractivity contribution is 8.00. The molecule has 0 spiro atoms. The quantitative estimate of drug-likeness (QED) is 0.229. The summed E-state index contributed by atoms with van der Waals surface area (Å²) in [4.78, 5) is 21.6. The van der Waals surface area contributed by atoms with E-state index in [9.17, 15) is 9.59 Å². The minimum atomic E-state index is -0.309. The zero-order chi connectivity index (χ0) is 17.2. The fourth-order valence-corrected chi connectivity index (χ4v) is 3.31. The van der Waals surface area contributed by atoms with Gasteiger partial charge >= 0.3 is 0 Å². The van der Waals surface area contributed by atoms with Gasteiger partial charge in [0.2, 0.25) is 5.91 Å². The fourth-order valence-electron chi connectivity index (χ4n) is 2.42. The van der Waals surface area contributed by atoms with E-state index in [-0.39, 0.29) is 11.2 Å². The average molecular weight is 342 g/mol. The van der Waals surface area contributed by atoms with Crippen LogP contribution in [0.15, 0.2) is 12.2 Å². The first-order valence-corrected chi connectivity index (χ1v) is 10.3. The van der Waals surface area contributed by atoms with Crippen LogP contribution in [0.3, 0.4) is 0 Å². The van der Waals surface area contributed by atoms with Crippen LogP contribution in [0.5, 0.6) is 0 Å². The molecule has 0 aromatic rings. The topological polar surface area (TPSA) is 60.2 Å². The molecule has 0 aliphatic carbocycles. The molecule has 0 fully saturated rings. The lowest BCUT2D eigenvalue weighted by molar-refractivity contribution is -0.117. The molecule has 0 saturated carbocycles. The first-order chi connectivity index (χ1) is 11.2. The van der Waals surface area contributed by atoms with Crippen molar-refractivity contribution in [1.29, 1.82) is 0 Å². The molecule has 1 amide bonds. The van der Waals surface area contributed by atoms with Crippen LogP contribution in [0, 0.1) is 0 Å². The first kappa shape index (κ1) is 22.2. The predicted molar refractivity (Wildman–Crippen MR) is 102 cm³/mol. The van der Waals surface area contributed by atoms with Crippen LogP contribution in [-0.2, 0) is 9.59 Å². The van der Waals surface area contributed by atoms with Crippen molar-refractivity contribution in [3.8, 4) is 0 Å². The molecule has 4 heteroatoms. The maximum absolute atomic E-state index is 10.9. The molecule has 0 heterocycles. The molecule has 1 unspecified atom stereocenters. The molecule has 134 valence electrons. The molecule has 2 N–H and O–H groups in total. The minimum Gasteiger partial charge on any atom is -0.370 e. The number of aldehydes is 1. The fraction of sp³-hybridized carbons (Fsp3) is 0.789. The van der Waals surface area contributed by atoms with Crippen molar-refractivity contribution in [3.05, 3.63) is 12.2 Å². The minimum absolute atomic E-state index is 0.141. The summed E-state index contributed by atoms with van der Waals surface area (Å²) in [6.45, 7) is 2.26. The summed E-state index contributed by atoms with van der Waals surface area (Å²) in [6.07, 6.45) is 19.8. The third-order valence-corrected chi connectivity index (χ3v) is 4.94. The summed E-state index contributed by atoms with van der Waals surface area (Å²) in [5.41, 5.74) is 5.08. The lowest BCUT2D eigenvalue weighted by atomic mass is 10.1. The summed E-state index contributed by atoms with van der Waals surface area (Å²) in [5.74, 6) is 0.304. The lowest BCUT2D eigenvalue weighted by Gasteiger charge is -2.04. The number of carbonyl (C=O) groups excluding carboxylic acids is 2. The Morgan fingerprint density at radius 3 is 2.09 bits per heavy atom. The van der Waals surface area contributed by atoms with Crippen LogP contribution < -0.4 is 5.73 Å². The third-order valence-electron chi connectivity index (χ3n) is 3.84. The van der Waals surface area contributed by atoms with Gasteiger partial charge in [-0.15, -0.1) is 11.8 Å². The lowest BCUT2D eigenvalue weighted by Crippen LogP contribution is -2.12. The van der Waals surface area contributed by atoms with Crippen LogP contribution in [0.1, 0.15) is 84.0 Å². The first-order valence-electron chi connectivity index (χ1n) is 9.22. The van der Waals surface area contributed by atoms with Gasteiger partial charge in [0.25, 0.3) is 0 Å². The summed E-state index contributed by atoms with van der Waals surface area (Å²) < 4.78 is 0. The maximum Gasteiger partial charge on any atom is 0.218 e.